The van der Waals surface area contributed by atoms with Crippen molar-refractivity contribution < 1.29 is 4.42 Å². The predicted octanol–water partition coefficient (Wildman–Crippen LogP) is 3.06. The van der Waals surface area contributed by atoms with Crippen molar-refractivity contribution in [2.24, 2.45) is 0 Å². The van der Waals surface area contributed by atoms with Crippen LogP contribution in [0.3, 0.4) is 0 Å². The quantitative estimate of drug-likeness (QED) is 0.775. The van der Waals surface area contributed by atoms with Gasteiger partial charge in [0.25, 0.3) is 5.89 Å². The standard InChI is InChI=1S/C15H17N5O/c1-3-9-16-14-11-8-6-5-7-10(11)13(18-19-14)15-20-17-12(4-2)21-15/h5-8H,3-4,9H2,1-2H3,(H,16,19). The van der Waals surface area contributed by atoms with Gasteiger partial charge in [-0.05, 0) is 6.42 Å². The first kappa shape index (κ1) is 13.5. The topological polar surface area (TPSA) is 76.7 Å². The zero-order chi connectivity index (χ0) is 14.7. The molecule has 0 spiro atoms. The molecule has 108 valence electrons. The smallest absolute Gasteiger partial charge is 0.268 e. The third-order valence-electron chi connectivity index (χ3n) is 3.20. The molecule has 6 heteroatoms. The minimum absolute atomic E-state index is 0.414. The Morgan fingerprint density at radius 2 is 1.81 bits per heavy atom. The van der Waals surface area contributed by atoms with Crippen molar-refractivity contribution in [3.63, 3.8) is 0 Å². The second-order valence-electron chi connectivity index (χ2n) is 4.72. The Morgan fingerprint density at radius 3 is 2.52 bits per heavy atom. The molecule has 0 unspecified atom stereocenters. The molecule has 0 bridgehead atoms. The van der Waals surface area contributed by atoms with E-state index in [0.717, 1.165) is 29.6 Å². The molecule has 0 amide bonds. The maximum Gasteiger partial charge on any atom is 0.268 e. The lowest BCUT2D eigenvalue weighted by Gasteiger charge is -2.08. The maximum atomic E-state index is 5.60. The van der Waals surface area contributed by atoms with Gasteiger partial charge in [0.15, 0.2) is 11.5 Å². The molecule has 1 aromatic carbocycles. The average molecular weight is 283 g/mol. The molecule has 0 saturated carbocycles. The third-order valence-corrected chi connectivity index (χ3v) is 3.20. The predicted molar refractivity (Wildman–Crippen MR) is 81.0 cm³/mol. The van der Waals surface area contributed by atoms with Crippen LogP contribution in [0, 0.1) is 0 Å². The van der Waals surface area contributed by atoms with Gasteiger partial charge in [0.05, 0.1) is 0 Å². The SMILES string of the molecule is CCCNc1nnc(-c2nnc(CC)o2)c2ccccc12. The molecule has 2 heterocycles. The molecule has 3 rings (SSSR count). The fourth-order valence-corrected chi connectivity index (χ4v) is 2.13. The highest BCUT2D eigenvalue weighted by atomic mass is 16.4. The minimum Gasteiger partial charge on any atom is -0.419 e. The Morgan fingerprint density at radius 1 is 1.00 bits per heavy atom. The largest absolute Gasteiger partial charge is 0.419 e. The molecule has 0 aliphatic rings. The van der Waals surface area contributed by atoms with Gasteiger partial charge in [-0.2, -0.15) is 0 Å². The molecule has 3 aromatic rings. The Kier molecular flexibility index (Phi) is 3.77. The fraction of sp³-hybridized carbons (Fsp3) is 0.333. The summed E-state index contributed by atoms with van der Waals surface area (Å²) in [6.45, 7) is 4.94. The lowest BCUT2D eigenvalue weighted by Crippen LogP contribution is -2.04. The molecule has 0 saturated heterocycles. The van der Waals surface area contributed by atoms with E-state index in [0.29, 0.717) is 23.9 Å². The number of nitrogens with zero attached hydrogens (tertiary/aromatic N) is 4. The number of aryl methyl sites for hydroxylation is 1. The van der Waals surface area contributed by atoms with Crippen LogP contribution in [0.5, 0.6) is 0 Å². The molecule has 6 nitrogen and oxygen atoms in total. The first-order valence-electron chi connectivity index (χ1n) is 7.15. The van der Waals surface area contributed by atoms with Crippen LogP contribution < -0.4 is 5.32 Å². The van der Waals surface area contributed by atoms with Crippen LogP contribution in [-0.4, -0.2) is 26.9 Å². The molecule has 2 aromatic heterocycles. The monoisotopic (exact) mass is 283 g/mol. The van der Waals surface area contributed by atoms with Crippen molar-refractivity contribution in [1.82, 2.24) is 20.4 Å². The molecular weight excluding hydrogens is 266 g/mol. The second kappa shape index (κ2) is 5.87. The lowest BCUT2D eigenvalue weighted by atomic mass is 10.1. The van der Waals surface area contributed by atoms with Crippen LogP contribution in [-0.2, 0) is 6.42 Å². The first-order valence-corrected chi connectivity index (χ1v) is 7.15. The van der Waals surface area contributed by atoms with E-state index in [1.807, 2.05) is 31.2 Å². The Hall–Kier alpha value is -2.50. The third kappa shape index (κ3) is 2.56. The van der Waals surface area contributed by atoms with Crippen LogP contribution in [0.25, 0.3) is 22.4 Å². The summed E-state index contributed by atoms with van der Waals surface area (Å²) < 4.78 is 5.60. The number of anilines is 1. The summed E-state index contributed by atoms with van der Waals surface area (Å²) in [5.74, 6) is 1.80. The summed E-state index contributed by atoms with van der Waals surface area (Å²) >= 11 is 0. The summed E-state index contributed by atoms with van der Waals surface area (Å²) in [6.07, 6.45) is 1.73. The van der Waals surface area contributed by atoms with Gasteiger partial charge in [0, 0.05) is 23.7 Å². The zero-order valence-corrected chi connectivity index (χ0v) is 12.1. The van der Waals surface area contributed by atoms with Crippen molar-refractivity contribution in [3.8, 4) is 11.6 Å². The summed E-state index contributed by atoms with van der Waals surface area (Å²) in [5.41, 5.74) is 0.625. The molecule has 1 N–H and O–H groups in total. The van der Waals surface area contributed by atoms with E-state index in [2.05, 4.69) is 32.6 Å². The number of aromatic nitrogens is 4. The van der Waals surface area contributed by atoms with Crippen LogP contribution in [0.1, 0.15) is 26.2 Å². The Bertz CT molecular complexity index is 753. The number of hydrogen-bond acceptors (Lipinski definition) is 6. The van der Waals surface area contributed by atoms with Crippen molar-refractivity contribution >= 4 is 16.6 Å². The highest BCUT2D eigenvalue weighted by Gasteiger charge is 2.15. The first-order chi connectivity index (χ1) is 10.3. The van der Waals surface area contributed by atoms with Crippen molar-refractivity contribution in [2.75, 3.05) is 11.9 Å². The number of rotatable bonds is 5. The van der Waals surface area contributed by atoms with Crippen molar-refractivity contribution in [2.45, 2.75) is 26.7 Å². The molecular formula is C15H17N5O. The number of nitrogens with one attached hydrogen (secondary N) is 1. The maximum absolute atomic E-state index is 5.60. The molecule has 0 atom stereocenters. The van der Waals surface area contributed by atoms with Gasteiger partial charge in [-0.25, -0.2) is 0 Å². The molecule has 0 radical (unpaired) electrons. The van der Waals surface area contributed by atoms with Gasteiger partial charge in [-0.1, -0.05) is 38.1 Å². The van der Waals surface area contributed by atoms with E-state index in [1.165, 1.54) is 0 Å². The minimum atomic E-state index is 0.414. The van der Waals surface area contributed by atoms with Crippen LogP contribution in [0.15, 0.2) is 28.7 Å². The van der Waals surface area contributed by atoms with Gasteiger partial charge >= 0.3 is 0 Å². The van der Waals surface area contributed by atoms with Gasteiger partial charge in [0.1, 0.15) is 0 Å². The fourth-order valence-electron chi connectivity index (χ4n) is 2.13. The highest BCUT2D eigenvalue weighted by molar-refractivity contribution is 5.98. The summed E-state index contributed by atoms with van der Waals surface area (Å²) in [6, 6.07) is 7.96. The van der Waals surface area contributed by atoms with E-state index in [9.17, 15) is 0 Å². The lowest BCUT2D eigenvalue weighted by molar-refractivity contribution is 0.511. The van der Waals surface area contributed by atoms with Crippen molar-refractivity contribution in [3.05, 3.63) is 30.2 Å². The number of fused-ring (bicyclic) bond motifs is 1. The van der Waals surface area contributed by atoms with Crippen LogP contribution >= 0.6 is 0 Å². The zero-order valence-electron chi connectivity index (χ0n) is 12.1. The Labute approximate surface area is 122 Å². The van der Waals surface area contributed by atoms with E-state index in [4.69, 9.17) is 4.42 Å². The van der Waals surface area contributed by atoms with Gasteiger partial charge in [-0.15, -0.1) is 20.4 Å². The summed E-state index contributed by atoms with van der Waals surface area (Å²) in [4.78, 5) is 0. The van der Waals surface area contributed by atoms with Gasteiger partial charge in [-0.3, -0.25) is 0 Å². The van der Waals surface area contributed by atoms with E-state index in [1.54, 1.807) is 0 Å². The second-order valence-corrected chi connectivity index (χ2v) is 4.72. The molecule has 0 fully saturated rings. The van der Waals surface area contributed by atoms with E-state index < -0.39 is 0 Å². The molecule has 0 aliphatic heterocycles. The summed E-state index contributed by atoms with van der Waals surface area (Å²) in [5, 5.41) is 21.8. The van der Waals surface area contributed by atoms with Crippen LogP contribution in [0.2, 0.25) is 0 Å². The molecule has 0 aliphatic carbocycles. The van der Waals surface area contributed by atoms with Crippen molar-refractivity contribution in [1.29, 1.82) is 0 Å². The normalized spacial score (nSPS) is 11.0. The average Bonchev–Trinajstić information content (AvgIpc) is 3.01. The highest BCUT2D eigenvalue weighted by Crippen LogP contribution is 2.28. The summed E-state index contributed by atoms with van der Waals surface area (Å²) in [7, 11) is 0. The van der Waals surface area contributed by atoms with Gasteiger partial charge < -0.3 is 9.73 Å². The van der Waals surface area contributed by atoms with E-state index >= 15 is 0 Å². The van der Waals surface area contributed by atoms with Crippen LogP contribution in [0.4, 0.5) is 5.82 Å². The molecule has 21 heavy (non-hydrogen) atoms. The number of benzene rings is 1. The van der Waals surface area contributed by atoms with Gasteiger partial charge in [0.2, 0.25) is 5.89 Å². The van der Waals surface area contributed by atoms with E-state index in [-0.39, 0.29) is 0 Å². The Balaban J connectivity index is 2.12. The number of hydrogen-bond donors (Lipinski definition) is 1.